The Labute approximate surface area is 198 Å². The summed E-state index contributed by atoms with van der Waals surface area (Å²) in [6.07, 6.45) is 6.29. The Kier molecular flexibility index (Phi) is 6.60. The molecule has 1 atom stereocenters. The number of H-pyrrole nitrogens is 1. The fourth-order valence-electron chi connectivity index (χ4n) is 5.25. The van der Waals surface area contributed by atoms with Crippen molar-refractivity contribution in [2.24, 2.45) is 0 Å². The minimum absolute atomic E-state index is 0.00785. The monoisotopic (exact) mass is 464 g/mol. The number of thiophene rings is 1. The van der Waals surface area contributed by atoms with Crippen LogP contribution < -0.4 is 5.56 Å². The molecule has 1 unspecified atom stereocenters. The number of carbonyl (C=O) groups is 1. The van der Waals surface area contributed by atoms with Crippen molar-refractivity contribution in [3.63, 3.8) is 0 Å². The van der Waals surface area contributed by atoms with Crippen molar-refractivity contribution in [2.45, 2.75) is 57.9 Å². The van der Waals surface area contributed by atoms with Crippen molar-refractivity contribution in [3.05, 3.63) is 62.5 Å². The highest BCUT2D eigenvalue weighted by atomic mass is 32.1. The molecule has 1 fully saturated rings. The van der Waals surface area contributed by atoms with E-state index in [1.807, 2.05) is 23.1 Å². The first-order valence-corrected chi connectivity index (χ1v) is 13.0. The van der Waals surface area contributed by atoms with Gasteiger partial charge < -0.3 is 9.88 Å². The zero-order valence-electron chi connectivity index (χ0n) is 19.3. The van der Waals surface area contributed by atoms with E-state index in [9.17, 15) is 9.59 Å². The van der Waals surface area contributed by atoms with Crippen LogP contribution in [0.25, 0.3) is 10.2 Å². The molecule has 0 spiro atoms. The molecule has 1 aromatic carbocycles. The molecule has 6 nitrogen and oxygen atoms in total. The number of benzene rings is 1. The summed E-state index contributed by atoms with van der Waals surface area (Å²) in [5.41, 5.74) is 2.35. The van der Waals surface area contributed by atoms with Crippen LogP contribution in [-0.4, -0.2) is 51.9 Å². The number of hydrogen-bond donors (Lipinski definition) is 1. The molecule has 1 saturated heterocycles. The molecule has 0 radical (unpaired) electrons. The molecule has 7 heteroatoms. The van der Waals surface area contributed by atoms with Crippen molar-refractivity contribution in [2.75, 3.05) is 26.2 Å². The maximum absolute atomic E-state index is 13.3. The lowest BCUT2D eigenvalue weighted by atomic mass is 9.93. The number of aromatic amines is 1. The summed E-state index contributed by atoms with van der Waals surface area (Å²) in [7, 11) is 0. The zero-order chi connectivity index (χ0) is 22.8. The number of hydrogen-bond acceptors (Lipinski definition) is 5. The lowest BCUT2D eigenvalue weighted by molar-refractivity contribution is -0.134. The first-order valence-electron chi connectivity index (χ1n) is 12.2. The van der Waals surface area contributed by atoms with E-state index in [-0.39, 0.29) is 17.4 Å². The fourth-order valence-corrected chi connectivity index (χ4v) is 6.53. The summed E-state index contributed by atoms with van der Waals surface area (Å²) in [5, 5.41) is 0.816. The molecule has 2 aromatic heterocycles. The molecule has 33 heavy (non-hydrogen) atoms. The number of nitrogens with zero attached hydrogens (tertiary/aromatic N) is 3. The van der Waals surface area contributed by atoms with Gasteiger partial charge in [0, 0.05) is 31.1 Å². The van der Waals surface area contributed by atoms with Crippen molar-refractivity contribution in [1.29, 1.82) is 0 Å². The highest BCUT2D eigenvalue weighted by molar-refractivity contribution is 7.18. The SMILES string of the molecule is CCCC(C(=O)N1CCN(Cc2nc3sc4c(c3c(=O)[nH]2)CCCC4)CC1)c1ccccc1. The average Bonchev–Trinajstić information content (AvgIpc) is 3.22. The third kappa shape index (κ3) is 4.62. The molecule has 1 aliphatic carbocycles. The third-order valence-electron chi connectivity index (χ3n) is 7.01. The van der Waals surface area contributed by atoms with Gasteiger partial charge in [0.15, 0.2) is 0 Å². The van der Waals surface area contributed by atoms with Crippen molar-refractivity contribution in [1.82, 2.24) is 19.8 Å². The number of aromatic nitrogens is 2. The number of rotatable bonds is 6. The number of aryl methyl sites for hydroxylation is 2. The van der Waals surface area contributed by atoms with E-state index >= 15 is 0 Å². The Morgan fingerprint density at radius 3 is 2.64 bits per heavy atom. The van der Waals surface area contributed by atoms with E-state index in [0.717, 1.165) is 66.8 Å². The Morgan fingerprint density at radius 2 is 1.88 bits per heavy atom. The molecular formula is C26H32N4O2S. The van der Waals surface area contributed by atoms with Crippen LogP contribution in [-0.2, 0) is 24.2 Å². The maximum Gasteiger partial charge on any atom is 0.259 e. The second-order valence-corrected chi connectivity index (χ2v) is 10.3. The summed E-state index contributed by atoms with van der Waals surface area (Å²) >= 11 is 1.70. The molecule has 3 aromatic rings. The molecule has 5 rings (SSSR count). The van der Waals surface area contributed by atoms with Crippen LogP contribution in [0, 0.1) is 0 Å². The van der Waals surface area contributed by atoms with Crippen LogP contribution in [0.5, 0.6) is 0 Å². The van der Waals surface area contributed by atoms with Gasteiger partial charge >= 0.3 is 0 Å². The van der Waals surface area contributed by atoms with Crippen LogP contribution in [0.2, 0.25) is 0 Å². The van der Waals surface area contributed by atoms with Crippen molar-refractivity contribution >= 4 is 27.5 Å². The van der Waals surface area contributed by atoms with Crippen LogP contribution >= 0.6 is 11.3 Å². The Bertz CT molecular complexity index is 1180. The van der Waals surface area contributed by atoms with Crippen LogP contribution in [0.3, 0.4) is 0 Å². The van der Waals surface area contributed by atoms with Crippen LogP contribution in [0.1, 0.15) is 60.4 Å². The molecule has 174 valence electrons. The van der Waals surface area contributed by atoms with Gasteiger partial charge in [-0.25, -0.2) is 4.98 Å². The van der Waals surface area contributed by atoms with E-state index in [1.54, 1.807) is 11.3 Å². The fraction of sp³-hybridized carbons (Fsp3) is 0.500. The summed E-state index contributed by atoms with van der Waals surface area (Å²) in [5.74, 6) is 0.909. The highest BCUT2D eigenvalue weighted by Gasteiger charge is 2.28. The van der Waals surface area contributed by atoms with Crippen LogP contribution in [0.4, 0.5) is 0 Å². The third-order valence-corrected chi connectivity index (χ3v) is 8.19. The van der Waals surface area contributed by atoms with Gasteiger partial charge in [0.1, 0.15) is 10.7 Å². The second-order valence-electron chi connectivity index (χ2n) is 9.26. The predicted octanol–water partition coefficient (Wildman–Crippen LogP) is 4.09. The molecular weight excluding hydrogens is 432 g/mol. The van der Waals surface area contributed by atoms with Gasteiger partial charge in [-0.05, 0) is 43.2 Å². The van der Waals surface area contributed by atoms with Crippen LogP contribution in [0.15, 0.2) is 35.1 Å². The molecule has 0 bridgehead atoms. The lowest BCUT2D eigenvalue weighted by Crippen LogP contribution is -2.49. The Hall–Kier alpha value is -2.51. The highest BCUT2D eigenvalue weighted by Crippen LogP contribution is 2.33. The summed E-state index contributed by atoms with van der Waals surface area (Å²) in [4.78, 5) is 40.5. The Morgan fingerprint density at radius 1 is 1.12 bits per heavy atom. The first-order chi connectivity index (χ1) is 16.1. The minimum Gasteiger partial charge on any atom is -0.340 e. The number of carbonyl (C=O) groups excluding carboxylic acids is 1. The standard InChI is InChI=1S/C26H32N4O2S/c1-2-8-19(18-9-4-3-5-10-18)26(32)30-15-13-29(14-16-30)17-22-27-24(31)23-20-11-6-7-12-21(20)33-25(23)28-22/h3-5,9-10,19H,2,6-8,11-17H2,1H3,(H,27,28,31). The van der Waals surface area contributed by atoms with Gasteiger partial charge in [-0.2, -0.15) is 0 Å². The Balaban J connectivity index is 1.24. The number of amides is 1. The number of nitrogens with one attached hydrogen (secondary N) is 1. The molecule has 3 heterocycles. The van der Waals surface area contributed by atoms with Gasteiger partial charge in [0.25, 0.3) is 5.56 Å². The molecule has 2 aliphatic rings. The van der Waals surface area contributed by atoms with E-state index in [2.05, 4.69) is 28.9 Å². The second kappa shape index (κ2) is 9.77. The zero-order valence-corrected chi connectivity index (χ0v) is 20.1. The lowest BCUT2D eigenvalue weighted by Gasteiger charge is -2.36. The van der Waals surface area contributed by atoms with Crippen molar-refractivity contribution in [3.8, 4) is 0 Å². The molecule has 1 amide bonds. The average molecular weight is 465 g/mol. The molecule has 1 aliphatic heterocycles. The van der Waals surface area contributed by atoms with Gasteiger partial charge in [0.2, 0.25) is 5.91 Å². The van der Waals surface area contributed by atoms with Crippen molar-refractivity contribution < 1.29 is 4.79 Å². The molecule has 1 N–H and O–H groups in total. The van der Waals surface area contributed by atoms with Gasteiger partial charge in [0.05, 0.1) is 17.8 Å². The quantitative estimate of drug-likeness (QED) is 0.597. The van der Waals surface area contributed by atoms with Gasteiger partial charge in [-0.1, -0.05) is 43.7 Å². The van der Waals surface area contributed by atoms with E-state index < -0.39 is 0 Å². The van der Waals surface area contributed by atoms with E-state index in [4.69, 9.17) is 4.98 Å². The smallest absolute Gasteiger partial charge is 0.259 e. The topological polar surface area (TPSA) is 69.3 Å². The van der Waals surface area contributed by atoms with E-state index in [1.165, 1.54) is 16.9 Å². The number of fused-ring (bicyclic) bond motifs is 3. The summed E-state index contributed by atoms with van der Waals surface area (Å²) < 4.78 is 0. The largest absolute Gasteiger partial charge is 0.340 e. The molecule has 0 saturated carbocycles. The van der Waals surface area contributed by atoms with E-state index in [0.29, 0.717) is 19.6 Å². The normalized spacial score (nSPS) is 17.8. The maximum atomic E-state index is 13.3. The predicted molar refractivity (Wildman–Crippen MR) is 133 cm³/mol. The number of piperazine rings is 1. The summed E-state index contributed by atoms with van der Waals surface area (Å²) in [6, 6.07) is 10.1. The minimum atomic E-state index is -0.0620. The van der Waals surface area contributed by atoms with Gasteiger partial charge in [-0.3, -0.25) is 14.5 Å². The summed E-state index contributed by atoms with van der Waals surface area (Å²) in [6.45, 7) is 5.77. The first kappa shape index (κ1) is 22.3. The van der Waals surface area contributed by atoms with Gasteiger partial charge in [-0.15, -0.1) is 11.3 Å².